The van der Waals surface area contributed by atoms with E-state index in [0.717, 1.165) is 12.1 Å². The Morgan fingerprint density at radius 1 is 0.630 bits per heavy atom. The van der Waals surface area contributed by atoms with Crippen molar-refractivity contribution < 1.29 is 37.8 Å². The smallest absolute Gasteiger partial charge is 0.323 e. The summed E-state index contributed by atoms with van der Waals surface area (Å²) in [5.74, 6) is 0.841. The molecule has 2 N–H and O–H groups in total. The predicted molar refractivity (Wildman–Crippen MR) is 180 cm³/mol. The van der Waals surface area contributed by atoms with E-state index in [1.807, 2.05) is 55.4 Å². The molecule has 0 heterocycles. The molecular formula is C31H48N4O10S. The zero-order chi connectivity index (χ0) is 35.1. The van der Waals surface area contributed by atoms with Crippen LogP contribution in [-0.2, 0) is 10.8 Å². The van der Waals surface area contributed by atoms with E-state index < -0.39 is 26.7 Å². The maximum Gasteiger partial charge on any atom is 0.323 e. The second-order valence-corrected chi connectivity index (χ2v) is 13.8. The van der Waals surface area contributed by atoms with Crippen LogP contribution in [0.4, 0.5) is 27.5 Å². The van der Waals surface area contributed by atoms with Gasteiger partial charge in [-0.3, -0.25) is 24.4 Å². The van der Waals surface area contributed by atoms with Gasteiger partial charge < -0.3 is 29.6 Å². The molecule has 0 spiro atoms. The van der Waals surface area contributed by atoms with Crippen LogP contribution in [0.3, 0.4) is 0 Å². The molecule has 0 aliphatic carbocycles. The van der Waals surface area contributed by atoms with Gasteiger partial charge in [-0.1, -0.05) is 55.4 Å². The van der Waals surface area contributed by atoms with Gasteiger partial charge in [0.1, 0.15) is 11.5 Å². The lowest BCUT2D eigenvalue weighted by molar-refractivity contribution is -0.386. The molecule has 0 bridgehead atoms. The molecule has 0 saturated carbocycles. The highest BCUT2D eigenvalue weighted by atomic mass is 32.2. The molecule has 258 valence electrons. The maximum atomic E-state index is 13.2. The lowest BCUT2D eigenvalue weighted by atomic mass is 10.2. The van der Waals surface area contributed by atoms with Gasteiger partial charge in [-0.15, -0.1) is 0 Å². The largest absolute Gasteiger partial charge is 0.491 e. The zero-order valence-electron chi connectivity index (χ0n) is 28.3. The number of nitro groups is 2. The molecule has 2 amide bonds. The fraction of sp³-hybridized carbons (Fsp3) is 0.581. The molecule has 2 rings (SSSR count). The number of hydrogen-bond donors (Lipinski definition) is 2. The normalized spacial score (nSPS) is 10.9. The summed E-state index contributed by atoms with van der Waals surface area (Å²) >= 11 is 0. The van der Waals surface area contributed by atoms with E-state index in [4.69, 9.17) is 18.9 Å². The molecule has 0 saturated heterocycles. The Morgan fingerprint density at radius 2 is 0.891 bits per heavy atom. The lowest BCUT2D eigenvalue weighted by Gasteiger charge is -2.18. The number of amides is 2. The van der Waals surface area contributed by atoms with Gasteiger partial charge in [-0.2, -0.15) is 0 Å². The van der Waals surface area contributed by atoms with Crippen molar-refractivity contribution in [3.63, 3.8) is 0 Å². The minimum Gasteiger partial charge on any atom is -0.491 e. The number of rotatable bonds is 16. The first-order valence-electron chi connectivity index (χ1n) is 14.9. The van der Waals surface area contributed by atoms with E-state index in [2.05, 4.69) is 10.6 Å². The summed E-state index contributed by atoms with van der Waals surface area (Å²) in [6.07, 6.45) is 3.28. The number of benzene rings is 2. The molecule has 2 aromatic carbocycles. The molecule has 0 radical (unpaired) electrons. The number of nitro benzene ring substituents is 2. The average Bonchev–Trinajstić information content (AvgIpc) is 2.92. The molecule has 46 heavy (non-hydrogen) atoms. The summed E-state index contributed by atoms with van der Waals surface area (Å²) in [4.78, 5) is 35.6. The maximum absolute atomic E-state index is 13.2. The van der Waals surface area contributed by atoms with Crippen LogP contribution in [0.25, 0.3) is 0 Å². The van der Waals surface area contributed by atoms with Crippen molar-refractivity contribution >= 4 is 39.6 Å². The van der Waals surface area contributed by atoms with Gasteiger partial charge in [0.15, 0.2) is 0 Å². The molecule has 2 aromatic rings. The molecule has 0 unspecified atom stereocenters. The highest BCUT2D eigenvalue weighted by molar-refractivity contribution is 7.83. The average molecular weight is 669 g/mol. The summed E-state index contributed by atoms with van der Waals surface area (Å²) in [6, 6.07) is 4.25. The number of ether oxygens (including phenoxy) is 4. The van der Waals surface area contributed by atoms with Gasteiger partial charge in [0, 0.05) is 47.6 Å². The lowest BCUT2D eigenvalue weighted by Crippen LogP contribution is -2.21. The molecular weight excluding hydrogens is 620 g/mol. The van der Waals surface area contributed by atoms with Crippen LogP contribution in [0.2, 0.25) is 0 Å². The summed E-state index contributed by atoms with van der Waals surface area (Å²) in [5.41, 5.74) is -0.669. The fourth-order valence-corrected chi connectivity index (χ4v) is 3.35. The van der Waals surface area contributed by atoms with Gasteiger partial charge in [0.05, 0.1) is 47.6 Å². The SMILES string of the molecule is CC(C)COc1cc(OCC(C)C)c([N+](=O)[O-])cc1NC(=O)Nc1cc([N+](=O)[O-])c(OCC(C)C)cc1OCC(C)C.CS(C)=O. The number of urea groups is 1. The van der Waals surface area contributed by atoms with Crippen molar-refractivity contribution in [2.75, 3.05) is 49.6 Å². The first-order valence-corrected chi connectivity index (χ1v) is 16.9. The fourth-order valence-electron chi connectivity index (χ4n) is 3.35. The standard InChI is InChI=1S/C29H42N4O9.C2H6OS/c1-17(2)13-39-25-11-27(41-15-19(5)6)23(32(35)36)9-21(25)30-29(34)31-22-10-24(33(37)38)28(42-16-20(7)8)12-26(22)40-14-18(3)4;1-4(2)3/h9-12,17-20H,13-16H2,1-8H3,(H2,30,31,34);1-2H3. The van der Waals surface area contributed by atoms with E-state index in [1.165, 1.54) is 12.1 Å². The Labute approximate surface area is 273 Å². The Balaban J connectivity index is 0.00000249. The van der Waals surface area contributed by atoms with Crippen LogP contribution >= 0.6 is 0 Å². The van der Waals surface area contributed by atoms with Crippen molar-refractivity contribution in [3.8, 4) is 23.0 Å². The predicted octanol–water partition coefficient (Wildman–Crippen LogP) is 7.28. The van der Waals surface area contributed by atoms with Crippen molar-refractivity contribution in [3.05, 3.63) is 44.5 Å². The number of hydrogen-bond acceptors (Lipinski definition) is 10. The third kappa shape index (κ3) is 14.8. The molecule has 0 fully saturated rings. The van der Waals surface area contributed by atoms with E-state index in [0.29, 0.717) is 0 Å². The monoisotopic (exact) mass is 668 g/mol. The van der Waals surface area contributed by atoms with Crippen LogP contribution in [0.15, 0.2) is 24.3 Å². The summed E-state index contributed by atoms with van der Waals surface area (Å²) in [6.45, 7) is 16.4. The van der Waals surface area contributed by atoms with Gasteiger partial charge in [-0.25, -0.2) is 4.79 Å². The highest BCUT2D eigenvalue weighted by Crippen LogP contribution is 2.40. The van der Waals surface area contributed by atoms with Crippen molar-refractivity contribution in [1.29, 1.82) is 0 Å². The number of nitrogens with one attached hydrogen (secondary N) is 2. The van der Waals surface area contributed by atoms with Gasteiger partial charge in [0.25, 0.3) is 0 Å². The van der Waals surface area contributed by atoms with Gasteiger partial charge >= 0.3 is 17.4 Å². The molecule has 0 aliphatic rings. The van der Waals surface area contributed by atoms with Crippen molar-refractivity contribution in [2.45, 2.75) is 55.4 Å². The van der Waals surface area contributed by atoms with E-state index in [1.54, 1.807) is 12.5 Å². The zero-order valence-corrected chi connectivity index (χ0v) is 29.1. The third-order valence-corrected chi connectivity index (χ3v) is 5.30. The van der Waals surface area contributed by atoms with Crippen molar-refractivity contribution in [2.24, 2.45) is 23.7 Å². The Morgan fingerprint density at radius 3 is 1.13 bits per heavy atom. The van der Waals surface area contributed by atoms with Gasteiger partial charge in [-0.05, 0) is 23.7 Å². The number of nitrogens with zero attached hydrogens (tertiary/aromatic N) is 2. The molecule has 15 heteroatoms. The Kier molecular flexibility index (Phi) is 16.8. The minimum absolute atomic E-state index is 0.00963. The Hall–Kier alpha value is -4.14. The first kappa shape index (κ1) is 39.9. The van der Waals surface area contributed by atoms with Crippen molar-refractivity contribution in [1.82, 2.24) is 0 Å². The van der Waals surface area contributed by atoms with Gasteiger partial charge in [0.2, 0.25) is 11.5 Å². The van der Waals surface area contributed by atoms with Crippen LogP contribution < -0.4 is 29.6 Å². The topological polar surface area (TPSA) is 181 Å². The minimum atomic E-state index is -0.825. The number of carbonyl (C=O) groups is 1. The third-order valence-electron chi connectivity index (χ3n) is 5.30. The summed E-state index contributed by atoms with van der Waals surface area (Å²) < 4.78 is 32.6. The van der Waals surface area contributed by atoms with E-state index in [9.17, 15) is 29.2 Å². The van der Waals surface area contributed by atoms with Crippen LogP contribution in [0.1, 0.15) is 55.4 Å². The highest BCUT2D eigenvalue weighted by Gasteiger charge is 2.25. The van der Waals surface area contributed by atoms with E-state index in [-0.39, 0.29) is 95.8 Å². The number of anilines is 2. The summed E-state index contributed by atoms with van der Waals surface area (Å²) in [5, 5.41) is 28.8. The number of carbonyl (C=O) groups excluding carboxylic acids is 1. The molecule has 14 nitrogen and oxygen atoms in total. The summed E-state index contributed by atoms with van der Waals surface area (Å²) in [7, 11) is -0.611. The molecule has 0 aromatic heterocycles. The quantitative estimate of drug-likeness (QED) is 0.136. The van der Waals surface area contributed by atoms with Crippen LogP contribution in [0, 0.1) is 43.9 Å². The van der Waals surface area contributed by atoms with Crippen LogP contribution in [-0.4, -0.2) is 59.0 Å². The Bertz CT molecular complexity index is 1250. The second-order valence-electron chi connectivity index (χ2n) is 12.3. The van der Waals surface area contributed by atoms with E-state index >= 15 is 0 Å². The molecule has 0 aliphatic heterocycles. The van der Waals surface area contributed by atoms with Crippen LogP contribution in [0.5, 0.6) is 23.0 Å². The second kappa shape index (κ2) is 19.4. The first-order chi connectivity index (χ1) is 21.4. The molecule has 0 atom stereocenters.